The second-order valence-electron chi connectivity index (χ2n) is 6.67. The Balaban J connectivity index is 0.00000208. The molecule has 3 rings (SSSR count). The van der Waals surface area contributed by atoms with Gasteiger partial charge in [-0.25, -0.2) is 0 Å². The third-order valence-electron chi connectivity index (χ3n) is 4.58. The number of carbonyl (C=O) groups is 2. The predicted octanol–water partition coefficient (Wildman–Crippen LogP) is 2.46. The lowest BCUT2D eigenvalue weighted by Crippen LogP contribution is -2.34. The maximum Gasteiger partial charge on any atom is 0.234 e. The number of amides is 2. The van der Waals surface area contributed by atoms with E-state index in [1.54, 1.807) is 0 Å². The Kier molecular flexibility index (Phi) is 7.06. The van der Waals surface area contributed by atoms with E-state index in [4.69, 9.17) is 0 Å². The van der Waals surface area contributed by atoms with Crippen molar-refractivity contribution in [3.05, 3.63) is 29.8 Å². The Bertz CT molecular complexity index is 571. The zero-order valence-corrected chi connectivity index (χ0v) is 14.7. The topological polar surface area (TPSA) is 70.2 Å². The molecule has 0 atom stereocenters. The Labute approximate surface area is 149 Å². The van der Waals surface area contributed by atoms with Crippen molar-refractivity contribution >= 4 is 29.9 Å². The number of carbonyl (C=O) groups excluding carboxylic acids is 2. The van der Waals surface area contributed by atoms with E-state index < -0.39 is 0 Å². The van der Waals surface area contributed by atoms with E-state index in [-0.39, 0.29) is 30.1 Å². The first kappa shape index (κ1) is 18.7. The average Bonchev–Trinajstić information content (AvgIpc) is 3.28. The van der Waals surface area contributed by atoms with Gasteiger partial charge in [0.1, 0.15) is 0 Å². The van der Waals surface area contributed by atoms with Gasteiger partial charge in [-0.05, 0) is 55.8 Å². The Morgan fingerprint density at radius 2 is 1.92 bits per heavy atom. The molecule has 5 nitrogen and oxygen atoms in total. The maximum absolute atomic E-state index is 12.0. The molecule has 1 aromatic rings. The molecule has 0 bridgehead atoms. The van der Waals surface area contributed by atoms with Gasteiger partial charge in [0.2, 0.25) is 11.8 Å². The van der Waals surface area contributed by atoms with Crippen molar-refractivity contribution in [3.63, 3.8) is 0 Å². The van der Waals surface area contributed by atoms with E-state index in [1.165, 1.54) is 12.8 Å². The predicted molar refractivity (Wildman–Crippen MR) is 97.1 cm³/mol. The van der Waals surface area contributed by atoms with Gasteiger partial charge < -0.3 is 16.0 Å². The van der Waals surface area contributed by atoms with Crippen LogP contribution in [0.1, 0.15) is 37.7 Å². The van der Waals surface area contributed by atoms with Crippen molar-refractivity contribution in [1.82, 2.24) is 10.6 Å². The van der Waals surface area contributed by atoms with Crippen LogP contribution in [0.3, 0.4) is 0 Å². The average molecular weight is 352 g/mol. The van der Waals surface area contributed by atoms with E-state index in [2.05, 4.69) is 16.0 Å². The Morgan fingerprint density at radius 3 is 2.58 bits per heavy atom. The van der Waals surface area contributed by atoms with E-state index in [0.29, 0.717) is 13.1 Å². The largest absolute Gasteiger partial charge is 0.351 e. The number of halogens is 1. The van der Waals surface area contributed by atoms with Gasteiger partial charge in [-0.1, -0.05) is 18.6 Å². The first-order chi connectivity index (χ1) is 11.2. The standard InChI is InChI=1S/C18H25N3O2.ClH/c22-17(12-19-10-13-7-8-13)20-11-14-3-1-6-16(9-14)21-18(23)15-4-2-5-15;/h1,3,6,9,13,15,19H,2,4-5,7-8,10-12H2,(H,20,22)(H,21,23);1H. The second-order valence-corrected chi connectivity index (χ2v) is 6.67. The van der Waals surface area contributed by atoms with Crippen molar-refractivity contribution in [1.29, 1.82) is 0 Å². The number of rotatable bonds is 8. The van der Waals surface area contributed by atoms with Crippen LogP contribution >= 0.6 is 12.4 Å². The van der Waals surface area contributed by atoms with Crippen molar-refractivity contribution in [2.75, 3.05) is 18.4 Å². The summed E-state index contributed by atoms with van der Waals surface area (Å²) in [5, 5.41) is 9.04. The zero-order valence-electron chi connectivity index (χ0n) is 13.8. The monoisotopic (exact) mass is 351 g/mol. The molecule has 2 amide bonds. The maximum atomic E-state index is 12.0. The highest BCUT2D eigenvalue weighted by molar-refractivity contribution is 5.93. The van der Waals surface area contributed by atoms with Crippen LogP contribution in [-0.4, -0.2) is 24.9 Å². The minimum Gasteiger partial charge on any atom is -0.351 e. The summed E-state index contributed by atoms with van der Waals surface area (Å²) in [5.74, 6) is 1.07. The molecule has 0 aliphatic heterocycles. The van der Waals surface area contributed by atoms with Crippen molar-refractivity contribution in [2.24, 2.45) is 11.8 Å². The lowest BCUT2D eigenvalue weighted by molar-refractivity contribution is -0.122. The minimum atomic E-state index is 0. The number of anilines is 1. The summed E-state index contributed by atoms with van der Waals surface area (Å²) in [6, 6.07) is 7.67. The van der Waals surface area contributed by atoms with Gasteiger partial charge in [-0.2, -0.15) is 0 Å². The zero-order chi connectivity index (χ0) is 16.1. The van der Waals surface area contributed by atoms with Gasteiger partial charge in [0.15, 0.2) is 0 Å². The molecule has 3 N–H and O–H groups in total. The fourth-order valence-electron chi connectivity index (χ4n) is 2.65. The van der Waals surface area contributed by atoms with Crippen molar-refractivity contribution in [3.8, 4) is 0 Å². The minimum absolute atomic E-state index is 0. The normalized spacial score (nSPS) is 16.7. The summed E-state index contributed by atoms with van der Waals surface area (Å²) in [6.45, 7) is 1.79. The highest BCUT2D eigenvalue weighted by Gasteiger charge is 2.25. The van der Waals surface area contributed by atoms with Crippen LogP contribution in [0.4, 0.5) is 5.69 Å². The molecule has 0 radical (unpaired) electrons. The van der Waals surface area contributed by atoms with E-state index in [9.17, 15) is 9.59 Å². The lowest BCUT2D eigenvalue weighted by Gasteiger charge is -2.24. The number of nitrogens with one attached hydrogen (secondary N) is 3. The molecular weight excluding hydrogens is 326 g/mol. The molecule has 132 valence electrons. The number of hydrogen-bond donors (Lipinski definition) is 3. The van der Waals surface area contributed by atoms with Gasteiger partial charge in [0.25, 0.3) is 0 Å². The van der Waals surface area contributed by atoms with E-state index in [0.717, 1.165) is 43.0 Å². The molecule has 24 heavy (non-hydrogen) atoms. The molecule has 1 aromatic carbocycles. The van der Waals surface area contributed by atoms with Crippen LogP contribution < -0.4 is 16.0 Å². The molecule has 6 heteroatoms. The second kappa shape index (κ2) is 9.04. The van der Waals surface area contributed by atoms with E-state index >= 15 is 0 Å². The first-order valence-electron chi connectivity index (χ1n) is 8.58. The third-order valence-corrected chi connectivity index (χ3v) is 4.58. The van der Waals surface area contributed by atoms with Gasteiger partial charge in [0.05, 0.1) is 6.54 Å². The van der Waals surface area contributed by atoms with Crippen LogP contribution in [0.5, 0.6) is 0 Å². The van der Waals surface area contributed by atoms with Crippen LogP contribution in [0, 0.1) is 11.8 Å². The summed E-state index contributed by atoms with van der Waals surface area (Å²) >= 11 is 0. The summed E-state index contributed by atoms with van der Waals surface area (Å²) in [5.41, 5.74) is 1.80. The molecule has 2 aliphatic carbocycles. The fourth-order valence-corrected chi connectivity index (χ4v) is 2.65. The Hall–Kier alpha value is -1.59. The van der Waals surface area contributed by atoms with Crippen LogP contribution in [0.25, 0.3) is 0 Å². The summed E-state index contributed by atoms with van der Waals surface area (Å²) in [4.78, 5) is 23.7. The molecule has 2 fully saturated rings. The fraction of sp³-hybridized carbons (Fsp3) is 0.556. The molecule has 0 saturated heterocycles. The van der Waals surface area contributed by atoms with Crippen LogP contribution in [0.2, 0.25) is 0 Å². The molecule has 0 heterocycles. The molecule has 0 aromatic heterocycles. The molecular formula is C18H26ClN3O2. The summed E-state index contributed by atoms with van der Waals surface area (Å²) in [7, 11) is 0. The first-order valence-corrected chi connectivity index (χ1v) is 8.58. The van der Waals surface area contributed by atoms with Crippen LogP contribution in [-0.2, 0) is 16.1 Å². The highest BCUT2D eigenvalue weighted by Crippen LogP contribution is 2.28. The van der Waals surface area contributed by atoms with Gasteiger partial charge >= 0.3 is 0 Å². The van der Waals surface area contributed by atoms with Gasteiger partial charge in [-0.3, -0.25) is 9.59 Å². The molecule has 2 aliphatic rings. The highest BCUT2D eigenvalue weighted by atomic mass is 35.5. The summed E-state index contributed by atoms with van der Waals surface area (Å²) < 4.78 is 0. The molecule has 0 spiro atoms. The summed E-state index contributed by atoms with van der Waals surface area (Å²) in [6.07, 6.45) is 5.71. The van der Waals surface area contributed by atoms with Crippen molar-refractivity contribution in [2.45, 2.75) is 38.6 Å². The van der Waals surface area contributed by atoms with Crippen molar-refractivity contribution < 1.29 is 9.59 Å². The molecule has 0 unspecified atom stereocenters. The van der Waals surface area contributed by atoms with Crippen LogP contribution in [0.15, 0.2) is 24.3 Å². The SMILES string of the molecule is Cl.O=C(CNCC1CC1)NCc1cccc(NC(=O)C2CCC2)c1. The quantitative estimate of drug-likeness (QED) is 0.673. The lowest BCUT2D eigenvalue weighted by atomic mass is 9.85. The smallest absolute Gasteiger partial charge is 0.234 e. The number of hydrogen-bond acceptors (Lipinski definition) is 3. The Morgan fingerprint density at radius 1 is 1.12 bits per heavy atom. The third kappa shape index (κ3) is 5.80. The van der Waals surface area contributed by atoms with E-state index in [1.807, 2.05) is 24.3 Å². The molecule has 2 saturated carbocycles. The van der Waals surface area contributed by atoms with Gasteiger partial charge in [0, 0.05) is 18.2 Å². The number of benzene rings is 1. The van der Waals surface area contributed by atoms with Gasteiger partial charge in [-0.15, -0.1) is 12.4 Å².